The van der Waals surface area contributed by atoms with Gasteiger partial charge in [-0.1, -0.05) is 6.92 Å². The number of hydrogen-bond donors (Lipinski definition) is 1. The summed E-state index contributed by atoms with van der Waals surface area (Å²) in [6.45, 7) is 7.30. The summed E-state index contributed by atoms with van der Waals surface area (Å²) in [5, 5.41) is 0. The van der Waals surface area contributed by atoms with Crippen LogP contribution in [-0.4, -0.2) is 12.2 Å². The number of aryl methyl sites for hydroxylation is 1. The van der Waals surface area contributed by atoms with Crippen LogP contribution in [0.3, 0.4) is 0 Å². The molecule has 102 valence electrons. The van der Waals surface area contributed by atoms with Crippen molar-refractivity contribution >= 4 is 11.3 Å². The van der Waals surface area contributed by atoms with Gasteiger partial charge in [-0.2, -0.15) is 0 Å². The third kappa shape index (κ3) is 2.79. The quantitative estimate of drug-likeness (QED) is 0.893. The molecule has 1 aromatic heterocycles. The van der Waals surface area contributed by atoms with Crippen LogP contribution in [0.15, 0.2) is 12.1 Å². The second-order valence-electron chi connectivity index (χ2n) is 5.61. The highest BCUT2D eigenvalue weighted by atomic mass is 32.1. The predicted molar refractivity (Wildman–Crippen MR) is 78.0 cm³/mol. The molecule has 1 aliphatic rings. The molecule has 0 aliphatic heterocycles. The maximum absolute atomic E-state index is 6.53. The Balaban J connectivity index is 2.18. The van der Waals surface area contributed by atoms with E-state index in [1.54, 1.807) is 0 Å². The summed E-state index contributed by atoms with van der Waals surface area (Å²) in [4.78, 5) is 2.60. The Morgan fingerprint density at radius 3 is 2.61 bits per heavy atom. The molecule has 1 fully saturated rings. The largest absolute Gasteiger partial charge is 0.373 e. The molecular formula is C15H25NOS. The molecule has 2 rings (SSSR count). The van der Waals surface area contributed by atoms with Gasteiger partial charge in [-0.05, 0) is 57.6 Å². The van der Waals surface area contributed by atoms with Gasteiger partial charge in [0.15, 0.2) is 0 Å². The van der Waals surface area contributed by atoms with Gasteiger partial charge < -0.3 is 10.5 Å². The third-order valence-corrected chi connectivity index (χ3v) is 5.27. The average molecular weight is 267 g/mol. The first kappa shape index (κ1) is 14.0. The molecule has 1 aromatic rings. The molecule has 0 spiro atoms. The Morgan fingerprint density at radius 1 is 1.44 bits per heavy atom. The van der Waals surface area contributed by atoms with Crippen LogP contribution in [0, 0.1) is 12.8 Å². The Bertz CT molecular complexity index is 380. The lowest BCUT2D eigenvalue weighted by Crippen LogP contribution is -2.46. The second-order valence-corrected chi connectivity index (χ2v) is 6.93. The van der Waals surface area contributed by atoms with Crippen molar-refractivity contribution in [2.24, 2.45) is 11.7 Å². The van der Waals surface area contributed by atoms with Crippen molar-refractivity contribution in [2.75, 3.05) is 6.61 Å². The molecular weight excluding hydrogens is 242 g/mol. The van der Waals surface area contributed by atoms with Gasteiger partial charge >= 0.3 is 0 Å². The highest BCUT2D eigenvalue weighted by Gasteiger charge is 2.41. The molecule has 0 radical (unpaired) electrons. The maximum Gasteiger partial charge on any atom is 0.0882 e. The van der Waals surface area contributed by atoms with Crippen LogP contribution < -0.4 is 5.73 Å². The van der Waals surface area contributed by atoms with Gasteiger partial charge in [-0.25, -0.2) is 0 Å². The summed E-state index contributed by atoms with van der Waals surface area (Å²) in [7, 11) is 0. The Labute approximate surface area is 115 Å². The van der Waals surface area contributed by atoms with Gasteiger partial charge in [0.25, 0.3) is 0 Å². The molecule has 0 aromatic carbocycles. The zero-order chi connectivity index (χ0) is 13.2. The predicted octanol–water partition coefficient (Wildman–Crippen LogP) is 4.04. The average Bonchev–Trinajstić information content (AvgIpc) is 2.78. The minimum Gasteiger partial charge on any atom is -0.373 e. The fourth-order valence-electron chi connectivity index (χ4n) is 2.96. The summed E-state index contributed by atoms with van der Waals surface area (Å²) >= 11 is 1.81. The number of hydrogen-bond acceptors (Lipinski definition) is 3. The summed E-state index contributed by atoms with van der Waals surface area (Å²) < 4.78 is 6.13. The Hall–Kier alpha value is -0.380. The molecule has 1 atom stereocenters. The second kappa shape index (κ2) is 5.72. The smallest absolute Gasteiger partial charge is 0.0882 e. The first-order valence-corrected chi connectivity index (χ1v) is 7.85. The van der Waals surface area contributed by atoms with Gasteiger partial charge in [0.05, 0.1) is 11.6 Å². The molecule has 1 aliphatic carbocycles. The molecule has 1 unspecified atom stereocenters. The van der Waals surface area contributed by atoms with Crippen molar-refractivity contribution in [3.8, 4) is 0 Å². The summed E-state index contributed by atoms with van der Waals surface area (Å²) in [5.41, 5.74) is 6.41. The summed E-state index contributed by atoms with van der Waals surface area (Å²) in [6, 6.07) is 4.36. The summed E-state index contributed by atoms with van der Waals surface area (Å²) in [6.07, 6.45) is 4.66. The normalized spacial score (nSPS) is 30.3. The zero-order valence-corrected chi connectivity index (χ0v) is 12.6. The topological polar surface area (TPSA) is 35.2 Å². The minimum atomic E-state index is -0.126. The van der Waals surface area contributed by atoms with Crippen LogP contribution in [0.4, 0.5) is 0 Å². The molecule has 2 N–H and O–H groups in total. The van der Waals surface area contributed by atoms with Crippen molar-refractivity contribution in [2.45, 2.75) is 58.1 Å². The highest BCUT2D eigenvalue weighted by molar-refractivity contribution is 7.12. The van der Waals surface area contributed by atoms with Gasteiger partial charge in [0.1, 0.15) is 0 Å². The fourth-order valence-corrected chi connectivity index (χ4v) is 3.95. The Morgan fingerprint density at radius 2 is 2.11 bits per heavy atom. The van der Waals surface area contributed by atoms with E-state index in [2.05, 4.69) is 32.9 Å². The van der Waals surface area contributed by atoms with Crippen LogP contribution in [-0.2, 0) is 4.74 Å². The van der Waals surface area contributed by atoms with E-state index in [0.29, 0.717) is 0 Å². The van der Waals surface area contributed by atoms with Crippen LogP contribution in [0.5, 0.6) is 0 Å². The summed E-state index contributed by atoms with van der Waals surface area (Å²) in [5.74, 6) is 0.816. The van der Waals surface area contributed by atoms with E-state index in [0.717, 1.165) is 25.4 Å². The molecule has 3 heteroatoms. The van der Waals surface area contributed by atoms with Gasteiger partial charge in [-0.3, -0.25) is 0 Å². The van der Waals surface area contributed by atoms with E-state index < -0.39 is 0 Å². The van der Waals surface area contributed by atoms with Crippen LogP contribution in [0.1, 0.15) is 55.3 Å². The first-order chi connectivity index (χ1) is 8.57. The van der Waals surface area contributed by atoms with Crippen molar-refractivity contribution in [1.82, 2.24) is 0 Å². The number of rotatable bonds is 4. The number of thiophene rings is 1. The first-order valence-electron chi connectivity index (χ1n) is 7.03. The van der Waals surface area contributed by atoms with E-state index in [1.807, 2.05) is 11.3 Å². The highest BCUT2D eigenvalue weighted by Crippen LogP contribution is 2.43. The van der Waals surface area contributed by atoms with Crippen LogP contribution >= 0.6 is 11.3 Å². The number of ether oxygens (including phenoxy) is 1. The van der Waals surface area contributed by atoms with Gasteiger partial charge in [0, 0.05) is 16.4 Å². The molecule has 1 saturated carbocycles. The van der Waals surface area contributed by atoms with Gasteiger partial charge in [0.2, 0.25) is 0 Å². The lowest BCUT2D eigenvalue weighted by atomic mass is 9.75. The fraction of sp³-hybridized carbons (Fsp3) is 0.733. The lowest BCUT2D eigenvalue weighted by Gasteiger charge is -2.43. The van der Waals surface area contributed by atoms with Crippen LogP contribution in [0.25, 0.3) is 0 Å². The molecule has 2 nitrogen and oxygen atoms in total. The molecule has 0 bridgehead atoms. The van der Waals surface area contributed by atoms with E-state index >= 15 is 0 Å². The van der Waals surface area contributed by atoms with Gasteiger partial charge in [-0.15, -0.1) is 11.3 Å². The standard InChI is InChI=1S/C15H25NOS/c1-4-17-15(9-7-11(2)8-10-15)14(16)13-6-5-12(3)18-13/h5-6,11,14H,4,7-10,16H2,1-3H3. The minimum absolute atomic E-state index is 0.0312. The van der Waals surface area contributed by atoms with Crippen molar-refractivity contribution in [3.63, 3.8) is 0 Å². The molecule has 0 amide bonds. The monoisotopic (exact) mass is 267 g/mol. The van der Waals surface area contributed by atoms with Crippen LogP contribution in [0.2, 0.25) is 0 Å². The lowest BCUT2D eigenvalue weighted by molar-refractivity contribution is -0.0890. The van der Waals surface area contributed by atoms with Crippen molar-refractivity contribution < 1.29 is 4.74 Å². The molecule has 0 saturated heterocycles. The maximum atomic E-state index is 6.53. The Kier molecular flexibility index (Phi) is 4.46. The SMILES string of the molecule is CCOC1(C(N)c2ccc(C)s2)CCC(C)CC1. The third-order valence-electron chi connectivity index (χ3n) is 4.19. The number of nitrogens with two attached hydrogens (primary N) is 1. The zero-order valence-electron chi connectivity index (χ0n) is 11.7. The molecule has 18 heavy (non-hydrogen) atoms. The van der Waals surface area contributed by atoms with E-state index in [1.165, 1.54) is 22.6 Å². The molecule has 1 heterocycles. The van der Waals surface area contributed by atoms with E-state index in [9.17, 15) is 0 Å². The van der Waals surface area contributed by atoms with Crippen molar-refractivity contribution in [3.05, 3.63) is 21.9 Å². The van der Waals surface area contributed by atoms with Crippen molar-refractivity contribution in [1.29, 1.82) is 0 Å². The van der Waals surface area contributed by atoms with E-state index in [4.69, 9.17) is 10.5 Å². The van der Waals surface area contributed by atoms with E-state index in [-0.39, 0.29) is 11.6 Å².